The molecule has 0 aromatic heterocycles. The third kappa shape index (κ3) is 3.82. The average molecular weight is 474 g/mol. The normalized spacial score (nSPS) is 34.6. The van der Waals surface area contributed by atoms with E-state index in [1.54, 1.807) is 4.90 Å². The first kappa shape index (κ1) is 21.8. The van der Waals surface area contributed by atoms with E-state index in [4.69, 9.17) is 4.74 Å². The minimum atomic E-state index is -1.02. The molecule has 182 valence electrons. The van der Waals surface area contributed by atoms with E-state index in [2.05, 4.69) is 10.6 Å². The van der Waals surface area contributed by atoms with Crippen LogP contribution >= 0.6 is 0 Å². The number of carbonyl (C=O) groups is 3. The molecule has 6 fully saturated rings. The van der Waals surface area contributed by atoms with Crippen LogP contribution in [-0.4, -0.2) is 43.1 Å². The smallest absolute Gasteiger partial charge is 0.407 e. The molecule has 2 saturated heterocycles. The molecule has 1 unspecified atom stereocenters. The summed E-state index contributed by atoms with van der Waals surface area (Å²) >= 11 is 0. The lowest BCUT2D eigenvalue weighted by atomic mass is 9.54. The SMILES string of the molecule is O=C1CCC(c2c(F)cc(N3CC(OC(=O)NC4C5CC6CC(C5)CC4C6)C3)cc2F)C(=O)N1. The van der Waals surface area contributed by atoms with Gasteiger partial charge < -0.3 is 15.0 Å². The molecule has 2 heterocycles. The third-order valence-electron chi connectivity index (χ3n) is 8.65. The lowest BCUT2D eigenvalue weighted by Gasteiger charge is -2.54. The maximum Gasteiger partial charge on any atom is 0.407 e. The Bertz CT molecular complexity index is 990. The average Bonchev–Trinajstić information content (AvgIpc) is 2.73. The second-order valence-corrected chi connectivity index (χ2v) is 10.9. The van der Waals surface area contributed by atoms with E-state index < -0.39 is 35.5 Å². The highest BCUT2D eigenvalue weighted by Crippen LogP contribution is 2.53. The Hall–Kier alpha value is -2.71. The number of alkyl carbamates (subject to hydrolysis) is 1. The minimum absolute atomic E-state index is 0.0494. The van der Waals surface area contributed by atoms with E-state index in [0.29, 0.717) is 30.6 Å². The molecular formula is C25H29F2N3O4. The molecule has 1 atom stereocenters. The van der Waals surface area contributed by atoms with Crippen LogP contribution in [0.5, 0.6) is 0 Å². The number of ether oxygens (including phenoxy) is 1. The molecule has 2 N–H and O–H groups in total. The molecule has 4 saturated carbocycles. The number of hydrogen-bond donors (Lipinski definition) is 2. The van der Waals surface area contributed by atoms with Gasteiger partial charge in [-0.3, -0.25) is 14.9 Å². The van der Waals surface area contributed by atoms with Gasteiger partial charge in [0.1, 0.15) is 17.7 Å². The van der Waals surface area contributed by atoms with E-state index in [1.807, 2.05) is 0 Å². The van der Waals surface area contributed by atoms with Crippen molar-refractivity contribution in [2.24, 2.45) is 23.7 Å². The summed E-state index contributed by atoms with van der Waals surface area (Å²) in [6.45, 7) is 0.706. The van der Waals surface area contributed by atoms with Gasteiger partial charge in [-0.2, -0.15) is 0 Å². The topological polar surface area (TPSA) is 87.7 Å². The van der Waals surface area contributed by atoms with Crippen molar-refractivity contribution >= 4 is 23.6 Å². The summed E-state index contributed by atoms with van der Waals surface area (Å²) in [6.07, 6.45) is 5.59. The first-order valence-electron chi connectivity index (χ1n) is 12.4. The van der Waals surface area contributed by atoms with Crippen LogP contribution < -0.4 is 15.5 Å². The van der Waals surface area contributed by atoms with Crippen molar-refractivity contribution in [1.29, 1.82) is 0 Å². The van der Waals surface area contributed by atoms with Crippen molar-refractivity contribution in [3.8, 4) is 0 Å². The van der Waals surface area contributed by atoms with Gasteiger partial charge in [-0.1, -0.05) is 0 Å². The maximum atomic E-state index is 14.8. The first-order chi connectivity index (χ1) is 16.3. The lowest BCUT2D eigenvalue weighted by molar-refractivity contribution is -0.134. The number of nitrogens with zero attached hydrogens (tertiary/aromatic N) is 1. The number of nitrogens with one attached hydrogen (secondary N) is 2. The Morgan fingerprint density at radius 1 is 1.00 bits per heavy atom. The monoisotopic (exact) mass is 473 g/mol. The Labute approximate surface area is 196 Å². The molecule has 0 radical (unpaired) electrons. The fourth-order valence-corrected chi connectivity index (χ4v) is 7.26. The molecule has 34 heavy (non-hydrogen) atoms. The number of anilines is 1. The summed E-state index contributed by atoms with van der Waals surface area (Å²) in [5.74, 6) is -0.957. The summed E-state index contributed by atoms with van der Waals surface area (Å²) in [5, 5.41) is 5.26. The fourth-order valence-electron chi connectivity index (χ4n) is 7.26. The number of piperidine rings is 1. The largest absolute Gasteiger partial charge is 0.442 e. The standard InChI is InChI=1S/C25H29F2N3O4/c26-19-8-16(9-20(27)22(19)18-1-2-21(31)28-24(18)32)30-10-17(11-30)34-25(33)29-23-14-4-12-3-13(6-14)7-15(23)5-12/h8-9,12-15,17-18,23H,1-7,10-11H2,(H,29,33)(H,28,31,32). The van der Waals surface area contributed by atoms with Gasteiger partial charge in [-0.05, 0) is 74.3 Å². The van der Waals surface area contributed by atoms with Gasteiger partial charge in [0, 0.05) is 23.7 Å². The van der Waals surface area contributed by atoms with Crippen molar-refractivity contribution in [3.63, 3.8) is 0 Å². The van der Waals surface area contributed by atoms with Crippen LogP contribution in [0.25, 0.3) is 0 Å². The number of hydrogen-bond acceptors (Lipinski definition) is 5. The zero-order valence-electron chi connectivity index (χ0n) is 18.9. The van der Waals surface area contributed by atoms with Crippen LogP contribution in [0, 0.1) is 35.3 Å². The highest BCUT2D eigenvalue weighted by molar-refractivity contribution is 6.01. The summed E-state index contributed by atoms with van der Waals surface area (Å²) in [4.78, 5) is 37.6. The van der Waals surface area contributed by atoms with E-state index >= 15 is 0 Å². The van der Waals surface area contributed by atoms with E-state index in [9.17, 15) is 23.2 Å². The number of benzene rings is 1. The van der Waals surface area contributed by atoms with E-state index in [0.717, 1.165) is 11.8 Å². The molecule has 6 aliphatic rings. The molecule has 7 nitrogen and oxygen atoms in total. The van der Waals surface area contributed by atoms with Crippen LogP contribution in [0.1, 0.15) is 56.4 Å². The van der Waals surface area contributed by atoms with Crippen LogP contribution in [0.4, 0.5) is 19.3 Å². The van der Waals surface area contributed by atoms with Gasteiger partial charge in [0.15, 0.2) is 0 Å². The second-order valence-electron chi connectivity index (χ2n) is 10.9. The van der Waals surface area contributed by atoms with Crippen LogP contribution in [0.2, 0.25) is 0 Å². The van der Waals surface area contributed by atoms with Crippen molar-refractivity contribution in [3.05, 3.63) is 29.3 Å². The number of rotatable bonds is 4. The Morgan fingerprint density at radius 3 is 2.21 bits per heavy atom. The summed E-state index contributed by atoms with van der Waals surface area (Å²) in [7, 11) is 0. The first-order valence-corrected chi connectivity index (χ1v) is 12.4. The van der Waals surface area contributed by atoms with Crippen molar-refractivity contribution in [2.45, 2.75) is 63.0 Å². The molecule has 1 aromatic rings. The summed E-state index contributed by atoms with van der Waals surface area (Å²) in [5.41, 5.74) is 0.0319. The van der Waals surface area contributed by atoms with Gasteiger partial charge in [0.25, 0.3) is 0 Å². The van der Waals surface area contributed by atoms with Gasteiger partial charge in [-0.25, -0.2) is 13.6 Å². The number of imide groups is 1. The Morgan fingerprint density at radius 2 is 1.62 bits per heavy atom. The van der Waals surface area contributed by atoms with Crippen LogP contribution in [0.15, 0.2) is 12.1 Å². The zero-order valence-corrected chi connectivity index (χ0v) is 18.9. The maximum absolute atomic E-state index is 14.8. The molecule has 3 amide bonds. The van der Waals surface area contributed by atoms with Gasteiger partial charge in [0.2, 0.25) is 11.8 Å². The van der Waals surface area contributed by atoms with E-state index in [-0.39, 0.29) is 30.6 Å². The van der Waals surface area contributed by atoms with Crippen molar-refractivity contribution < 1.29 is 27.9 Å². The molecule has 7 rings (SSSR count). The summed E-state index contributed by atoms with van der Waals surface area (Å²) < 4.78 is 35.1. The van der Waals surface area contributed by atoms with Crippen LogP contribution in [0.3, 0.4) is 0 Å². The fraction of sp³-hybridized carbons (Fsp3) is 0.640. The van der Waals surface area contributed by atoms with Gasteiger partial charge in [-0.15, -0.1) is 0 Å². The quantitative estimate of drug-likeness (QED) is 0.656. The van der Waals surface area contributed by atoms with Crippen molar-refractivity contribution in [2.75, 3.05) is 18.0 Å². The molecule has 4 aliphatic carbocycles. The molecule has 9 heteroatoms. The second kappa shape index (κ2) is 8.20. The van der Waals surface area contributed by atoms with Gasteiger partial charge in [0.05, 0.1) is 19.0 Å². The molecule has 4 bridgehead atoms. The van der Waals surface area contributed by atoms with Gasteiger partial charge >= 0.3 is 6.09 Å². The minimum Gasteiger partial charge on any atom is -0.442 e. The van der Waals surface area contributed by atoms with E-state index in [1.165, 1.54) is 44.2 Å². The zero-order chi connectivity index (χ0) is 23.6. The highest BCUT2D eigenvalue weighted by Gasteiger charge is 2.49. The Balaban J connectivity index is 1.04. The molecule has 2 aliphatic heterocycles. The number of carbonyl (C=O) groups excluding carboxylic acids is 3. The lowest BCUT2D eigenvalue weighted by Crippen LogP contribution is -2.58. The summed E-state index contributed by atoms with van der Waals surface area (Å²) in [6, 6.07) is 2.61. The molecule has 0 spiro atoms. The number of amides is 3. The molecular weight excluding hydrogens is 444 g/mol. The molecule has 1 aromatic carbocycles. The number of halogens is 2. The van der Waals surface area contributed by atoms with Crippen molar-refractivity contribution in [1.82, 2.24) is 10.6 Å². The predicted octanol–water partition coefficient (Wildman–Crippen LogP) is 3.22. The highest BCUT2D eigenvalue weighted by atomic mass is 19.1. The third-order valence-corrected chi connectivity index (χ3v) is 8.65. The predicted molar refractivity (Wildman–Crippen MR) is 118 cm³/mol. The Kier molecular flexibility index (Phi) is 5.26. The van der Waals surface area contributed by atoms with Crippen LogP contribution in [-0.2, 0) is 14.3 Å².